The molecule has 1 fully saturated rings. The maximum atomic E-state index is 11.7. The molecule has 4 nitrogen and oxygen atoms in total. The third kappa shape index (κ3) is 3.80. The van der Waals surface area contributed by atoms with Crippen LogP contribution in [0.2, 0.25) is 0 Å². The van der Waals surface area contributed by atoms with Gasteiger partial charge in [0.25, 0.3) is 0 Å². The molecule has 0 spiro atoms. The van der Waals surface area contributed by atoms with Crippen molar-refractivity contribution in [2.75, 3.05) is 19.8 Å². The van der Waals surface area contributed by atoms with Crippen molar-refractivity contribution in [3.63, 3.8) is 0 Å². The van der Waals surface area contributed by atoms with Crippen molar-refractivity contribution in [1.29, 1.82) is 0 Å². The molecular formula is C11H22N2O2. The summed E-state index contributed by atoms with van der Waals surface area (Å²) in [6.45, 7) is 8.15. The molecule has 88 valence electrons. The van der Waals surface area contributed by atoms with Gasteiger partial charge in [-0.15, -0.1) is 0 Å². The van der Waals surface area contributed by atoms with E-state index in [1.165, 1.54) is 0 Å². The lowest BCUT2D eigenvalue weighted by atomic mass is 9.87. The van der Waals surface area contributed by atoms with Gasteiger partial charge in [0.2, 0.25) is 5.91 Å². The number of amides is 1. The van der Waals surface area contributed by atoms with Crippen molar-refractivity contribution in [3.05, 3.63) is 0 Å². The monoisotopic (exact) mass is 214 g/mol. The largest absolute Gasteiger partial charge is 0.381 e. The van der Waals surface area contributed by atoms with Crippen LogP contribution in [0.15, 0.2) is 0 Å². The molecule has 0 bridgehead atoms. The Hall–Kier alpha value is -0.610. The predicted octanol–water partition coefficient (Wildman–Crippen LogP) is 0.513. The molecule has 15 heavy (non-hydrogen) atoms. The van der Waals surface area contributed by atoms with E-state index in [4.69, 9.17) is 10.5 Å². The number of rotatable bonds is 3. The molecule has 0 aromatic rings. The minimum absolute atomic E-state index is 0.0607. The van der Waals surface area contributed by atoms with Gasteiger partial charge in [-0.1, -0.05) is 20.8 Å². The zero-order valence-corrected chi connectivity index (χ0v) is 9.88. The number of hydrogen-bond donors (Lipinski definition) is 2. The number of hydrogen-bond acceptors (Lipinski definition) is 3. The number of ether oxygens (including phenoxy) is 1. The van der Waals surface area contributed by atoms with E-state index in [2.05, 4.69) is 5.32 Å². The summed E-state index contributed by atoms with van der Waals surface area (Å²) in [7, 11) is 0. The number of nitrogens with one attached hydrogen (secondary N) is 1. The fourth-order valence-electron chi connectivity index (χ4n) is 1.49. The van der Waals surface area contributed by atoms with Gasteiger partial charge < -0.3 is 15.8 Å². The molecule has 2 atom stereocenters. The lowest BCUT2D eigenvalue weighted by molar-refractivity contribution is -0.124. The highest BCUT2D eigenvalue weighted by Gasteiger charge is 2.28. The maximum absolute atomic E-state index is 11.7. The van der Waals surface area contributed by atoms with Gasteiger partial charge in [0, 0.05) is 19.1 Å². The molecule has 1 amide bonds. The zero-order chi connectivity index (χ0) is 11.5. The third-order valence-corrected chi connectivity index (χ3v) is 2.80. The van der Waals surface area contributed by atoms with Crippen LogP contribution in [-0.4, -0.2) is 31.7 Å². The molecule has 1 saturated heterocycles. The highest BCUT2D eigenvalue weighted by atomic mass is 16.5. The minimum Gasteiger partial charge on any atom is -0.381 e. The van der Waals surface area contributed by atoms with Crippen LogP contribution in [0.5, 0.6) is 0 Å². The fraction of sp³-hybridized carbons (Fsp3) is 0.909. The summed E-state index contributed by atoms with van der Waals surface area (Å²) >= 11 is 0. The summed E-state index contributed by atoms with van der Waals surface area (Å²) in [5.41, 5.74) is 5.65. The second-order valence-corrected chi connectivity index (χ2v) is 5.32. The second-order valence-electron chi connectivity index (χ2n) is 5.32. The standard InChI is InChI=1S/C11H22N2O2/c1-11(2,3)9(12)10(14)13-6-8-4-5-15-7-8/h8-9H,4-7,12H2,1-3H3,(H,13,14)/t8?,9-/m1/s1. The van der Waals surface area contributed by atoms with E-state index < -0.39 is 6.04 Å². The molecule has 3 N–H and O–H groups in total. The van der Waals surface area contributed by atoms with Crippen LogP contribution >= 0.6 is 0 Å². The Balaban J connectivity index is 2.29. The smallest absolute Gasteiger partial charge is 0.237 e. The lowest BCUT2D eigenvalue weighted by Crippen LogP contribution is -2.49. The number of nitrogens with two attached hydrogens (primary N) is 1. The molecule has 0 aromatic heterocycles. The molecule has 0 saturated carbocycles. The molecule has 0 aliphatic carbocycles. The van der Waals surface area contributed by atoms with Crippen LogP contribution in [0.1, 0.15) is 27.2 Å². The lowest BCUT2D eigenvalue weighted by Gasteiger charge is -2.26. The summed E-state index contributed by atoms with van der Waals surface area (Å²) in [5, 5.41) is 2.89. The first-order valence-electron chi connectivity index (χ1n) is 5.52. The number of carbonyl (C=O) groups excluding carboxylic acids is 1. The summed E-state index contributed by atoms with van der Waals surface area (Å²) in [5.74, 6) is 0.399. The van der Waals surface area contributed by atoms with Crippen molar-refractivity contribution >= 4 is 5.91 Å². The van der Waals surface area contributed by atoms with Gasteiger partial charge in [-0.2, -0.15) is 0 Å². The normalized spacial score (nSPS) is 23.9. The molecular weight excluding hydrogens is 192 g/mol. The van der Waals surface area contributed by atoms with Crippen molar-refractivity contribution in [2.45, 2.75) is 33.2 Å². The van der Waals surface area contributed by atoms with Crippen LogP contribution in [0.4, 0.5) is 0 Å². The molecule has 1 heterocycles. The van der Waals surface area contributed by atoms with Crippen LogP contribution in [0.3, 0.4) is 0 Å². The average Bonchev–Trinajstić information content (AvgIpc) is 2.63. The van der Waals surface area contributed by atoms with Gasteiger partial charge >= 0.3 is 0 Å². The quantitative estimate of drug-likeness (QED) is 0.719. The Morgan fingerprint density at radius 3 is 2.73 bits per heavy atom. The van der Waals surface area contributed by atoms with Gasteiger partial charge in [0.05, 0.1) is 12.6 Å². The second kappa shape index (κ2) is 4.94. The Kier molecular flexibility index (Phi) is 4.11. The first-order chi connectivity index (χ1) is 6.91. The third-order valence-electron chi connectivity index (χ3n) is 2.80. The van der Waals surface area contributed by atoms with E-state index >= 15 is 0 Å². The van der Waals surface area contributed by atoms with Crippen LogP contribution in [0.25, 0.3) is 0 Å². The van der Waals surface area contributed by atoms with Crippen molar-refractivity contribution in [1.82, 2.24) is 5.32 Å². The highest BCUT2D eigenvalue weighted by molar-refractivity contribution is 5.82. The summed E-state index contributed by atoms with van der Waals surface area (Å²) in [6.07, 6.45) is 1.03. The first kappa shape index (κ1) is 12.5. The zero-order valence-electron chi connectivity index (χ0n) is 9.88. The van der Waals surface area contributed by atoms with Gasteiger partial charge in [0.1, 0.15) is 0 Å². The Labute approximate surface area is 91.5 Å². The van der Waals surface area contributed by atoms with E-state index in [0.717, 1.165) is 19.6 Å². The van der Waals surface area contributed by atoms with Crippen LogP contribution < -0.4 is 11.1 Å². The summed E-state index contributed by atoms with van der Waals surface area (Å²) < 4.78 is 5.23. The summed E-state index contributed by atoms with van der Waals surface area (Å²) in [4.78, 5) is 11.7. The maximum Gasteiger partial charge on any atom is 0.237 e. The van der Waals surface area contributed by atoms with Gasteiger partial charge in [-0.05, 0) is 11.8 Å². The molecule has 0 radical (unpaired) electrons. The van der Waals surface area contributed by atoms with Crippen LogP contribution in [-0.2, 0) is 9.53 Å². The first-order valence-corrected chi connectivity index (χ1v) is 5.52. The molecule has 1 aliphatic heterocycles. The molecule has 1 aliphatic rings. The molecule has 0 aromatic carbocycles. The van der Waals surface area contributed by atoms with E-state index in [9.17, 15) is 4.79 Å². The average molecular weight is 214 g/mol. The van der Waals surface area contributed by atoms with Gasteiger partial charge in [-0.3, -0.25) is 4.79 Å². The van der Waals surface area contributed by atoms with Gasteiger partial charge in [0.15, 0.2) is 0 Å². The van der Waals surface area contributed by atoms with Crippen molar-refractivity contribution in [3.8, 4) is 0 Å². The van der Waals surface area contributed by atoms with Crippen molar-refractivity contribution < 1.29 is 9.53 Å². The Morgan fingerprint density at radius 2 is 2.27 bits per heavy atom. The minimum atomic E-state index is -0.445. The van der Waals surface area contributed by atoms with E-state index in [1.807, 2.05) is 20.8 Å². The SMILES string of the molecule is CC(C)(C)[C@H](N)C(=O)NCC1CCOC1. The fourth-order valence-corrected chi connectivity index (χ4v) is 1.49. The molecule has 4 heteroatoms. The molecule has 1 unspecified atom stereocenters. The Bertz CT molecular complexity index is 217. The highest BCUT2D eigenvalue weighted by Crippen LogP contribution is 2.17. The predicted molar refractivity (Wildman–Crippen MR) is 59.4 cm³/mol. The number of carbonyl (C=O) groups is 1. The van der Waals surface area contributed by atoms with E-state index in [1.54, 1.807) is 0 Å². The van der Waals surface area contributed by atoms with Gasteiger partial charge in [-0.25, -0.2) is 0 Å². The van der Waals surface area contributed by atoms with Crippen LogP contribution in [0, 0.1) is 11.3 Å². The topological polar surface area (TPSA) is 64.4 Å². The van der Waals surface area contributed by atoms with Crippen molar-refractivity contribution in [2.24, 2.45) is 17.1 Å². The summed E-state index contributed by atoms with van der Waals surface area (Å²) in [6, 6.07) is -0.445. The van der Waals surface area contributed by atoms with E-state index in [0.29, 0.717) is 12.5 Å². The Morgan fingerprint density at radius 1 is 1.60 bits per heavy atom. The van der Waals surface area contributed by atoms with E-state index in [-0.39, 0.29) is 11.3 Å². The molecule has 1 rings (SSSR count).